The second kappa shape index (κ2) is 6.04. The molecule has 6 nitrogen and oxygen atoms in total. The van der Waals surface area contributed by atoms with Crippen LogP contribution in [0, 0.1) is 11.6 Å². The van der Waals surface area contributed by atoms with Crippen molar-refractivity contribution in [2.24, 2.45) is 0 Å². The highest BCUT2D eigenvalue weighted by molar-refractivity contribution is 5.40. The number of benzene rings is 1. The normalized spacial score (nSPS) is 15.4. The predicted octanol–water partition coefficient (Wildman–Crippen LogP) is 2.40. The quantitative estimate of drug-likeness (QED) is 0.732. The van der Waals surface area contributed by atoms with Crippen LogP contribution < -0.4 is 0 Å². The first kappa shape index (κ1) is 14.8. The molecule has 122 valence electrons. The lowest BCUT2D eigenvalue weighted by Gasteiger charge is -2.37. The molecule has 24 heavy (non-hydrogen) atoms. The van der Waals surface area contributed by atoms with Gasteiger partial charge in [-0.2, -0.15) is 4.98 Å². The van der Waals surface area contributed by atoms with E-state index in [1.807, 2.05) is 0 Å². The molecular weight excluding hydrogens is 316 g/mol. The standard InChI is InChI=1S/C16H13F2N5O/c17-12-4-10(5-13(18)6-12)7-23-8-11(9-23)16-21-15(22-24-16)14-19-2-1-3-20-14/h1-6,11H,7-9H2. The average Bonchev–Trinajstić information content (AvgIpc) is 3.00. The van der Waals surface area contributed by atoms with Crippen LogP contribution in [0.2, 0.25) is 0 Å². The van der Waals surface area contributed by atoms with Gasteiger partial charge in [-0.15, -0.1) is 0 Å². The van der Waals surface area contributed by atoms with Crippen molar-refractivity contribution in [3.05, 3.63) is 59.7 Å². The van der Waals surface area contributed by atoms with Crippen LogP contribution in [0.1, 0.15) is 17.4 Å². The molecule has 0 radical (unpaired) electrons. The minimum atomic E-state index is -0.563. The van der Waals surface area contributed by atoms with E-state index in [-0.39, 0.29) is 5.92 Å². The van der Waals surface area contributed by atoms with E-state index >= 15 is 0 Å². The smallest absolute Gasteiger partial charge is 0.240 e. The molecule has 4 rings (SSSR count). The van der Waals surface area contributed by atoms with E-state index in [9.17, 15) is 8.78 Å². The van der Waals surface area contributed by atoms with Crippen LogP contribution in [0.3, 0.4) is 0 Å². The van der Waals surface area contributed by atoms with Gasteiger partial charge in [-0.3, -0.25) is 4.90 Å². The van der Waals surface area contributed by atoms with Gasteiger partial charge in [-0.25, -0.2) is 18.7 Å². The van der Waals surface area contributed by atoms with Gasteiger partial charge in [0.25, 0.3) is 0 Å². The maximum absolute atomic E-state index is 13.2. The number of hydrogen-bond acceptors (Lipinski definition) is 6. The fourth-order valence-corrected chi connectivity index (χ4v) is 2.72. The summed E-state index contributed by atoms with van der Waals surface area (Å²) in [5.74, 6) is 0.278. The summed E-state index contributed by atoms with van der Waals surface area (Å²) in [6, 6.07) is 5.26. The van der Waals surface area contributed by atoms with Crippen molar-refractivity contribution in [1.29, 1.82) is 0 Å². The molecule has 0 amide bonds. The molecule has 8 heteroatoms. The molecule has 0 spiro atoms. The monoisotopic (exact) mass is 329 g/mol. The van der Waals surface area contributed by atoms with Crippen LogP contribution in [0.4, 0.5) is 8.78 Å². The molecule has 3 aromatic rings. The summed E-state index contributed by atoms with van der Waals surface area (Å²) < 4.78 is 31.7. The van der Waals surface area contributed by atoms with E-state index < -0.39 is 11.6 Å². The third-order valence-corrected chi connectivity index (χ3v) is 3.84. The van der Waals surface area contributed by atoms with Crippen molar-refractivity contribution < 1.29 is 13.3 Å². The Bertz CT molecular complexity index is 828. The summed E-state index contributed by atoms with van der Waals surface area (Å²) in [5.41, 5.74) is 0.606. The van der Waals surface area contributed by atoms with Crippen molar-refractivity contribution in [3.63, 3.8) is 0 Å². The van der Waals surface area contributed by atoms with Gasteiger partial charge in [0.2, 0.25) is 17.5 Å². The van der Waals surface area contributed by atoms with Gasteiger partial charge in [-0.05, 0) is 23.8 Å². The number of halogens is 2. The Balaban J connectivity index is 1.38. The zero-order valence-corrected chi connectivity index (χ0v) is 12.6. The van der Waals surface area contributed by atoms with Crippen LogP contribution >= 0.6 is 0 Å². The van der Waals surface area contributed by atoms with E-state index in [0.717, 1.165) is 6.07 Å². The molecule has 1 saturated heterocycles. The second-order valence-electron chi connectivity index (χ2n) is 5.70. The van der Waals surface area contributed by atoms with E-state index in [4.69, 9.17) is 4.52 Å². The van der Waals surface area contributed by atoms with Crippen LogP contribution in [-0.4, -0.2) is 38.1 Å². The van der Waals surface area contributed by atoms with E-state index in [1.165, 1.54) is 12.1 Å². The highest BCUT2D eigenvalue weighted by Crippen LogP contribution is 2.28. The maximum Gasteiger partial charge on any atom is 0.240 e. The van der Waals surface area contributed by atoms with Gasteiger partial charge >= 0.3 is 0 Å². The SMILES string of the molecule is Fc1cc(F)cc(CN2CC(c3nc(-c4ncccn4)no3)C2)c1. The maximum atomic E-state index is 13.2. The van der Waals surface area contributed by atoms with Gasteiger partial charge in [0.15, 0.2) is 0 Å². The summed E-state index contributed by atoms with van der Waals surface area (Å²) in [4.78, 5) is 14.5. The Morgan fingerprint density at radius 2 is 1.75 bits per heavy atom. The second-order valence-corrected chi connectivity index (χ2v) is 5.70. The van der Waals surface area contributed by atoms with Crippen molar-refractivity contribution in [2.45, 2.75) is 12.5 Å². The van der Waals surface area contributed by atoms with Gasteiger partial charge in [0, 0.05) is 38.1 Å². The number of nitrogens with zero attached hydrogens (tertiary/aromatic N) is 5. The van der Waals surface area contributed by atoms with Crippen molar-refractivity contribution in [1.82, 2.24) is 25.0 Å². The summed E-state index contributed by atoms with van der Waals surface area (Å²) in [6.07, 6.45) is 3.23. The molecule has 0 bridgehead atoms. The molecule has 2 aromatic heterocycles. The van der Waals surface area contributed by atoms with Crippen LogP contribution in [0.15, 0.2) is 41.2 Å². The summed E-state index contributed by atoms with van der Waals surface area (Å²) in [6.45, 7) is 1.86. The molecular formula is C16H13F2N5O. The minimum Gasteiger partial charge on any atom is -0.338 e. The number of hydrogen-bond donors (Lipinski definition) is 0. The Morgan fingerprint density at radius 3 is 2.46 bits per heavy atom. The number of likely N-dealkylation sites (tertiary alicyclic amines) is 1. The molecule has 0 unspecified atom stereocenters. The minimum absolute atomic E-state index is 0.105. The molecule has 0 aliphatic carbocycles. The highest BCUT2D eigenvalue weighted by Gasteiger charge is 2.32. The Kier molecular flexibility index (Phi) is 3.73. The fraction of sp³-hybridized carbons (Fsp3) is 0.250. The molecule has 0 atom stereocenters. The van der Waals surface area contributed by atoms with Gasteiger partial charge in [-0.1, -0.05) is 5.16 Å². The Morgan fingerprint density at radius 1 is 1.04 bits per heavy atom. The zero-order chi connectivity index (χ0) is 16.5. The molecule has 0 saturated carbocycles. The molecule has 3 heterocycles. The number of rotatable bonds is 4. The van der Waals surface area contributed by atoms with Crippen molar-refractivity contribution in [3.8, 4) is 11.6 Å². The topological polar surface area (TPSA) is 67.9 Å². The van der Waals surface area contributed by atoms with Crippen molar-refractivity contribution in [2.75, 3.05) is 13.1 Å². The lowest BCUT2D eigenvalue weighted by Crippen LogP contribution is -2.44. The van der Waals surface area contributed by atoms with Crippen LogP contribution in [-0.2, 0) is 6.54 Å². The molecule has 1 aromatic carbocycles. The third kappa shape index (κ3) is 3.00. The summed E-state index contributed by atoms with van der Waals surface area (Å²) in [7, 11) is 0. The van der Waals surface area contributed by atoms with Gasteiger partial charge in [0.1, 0.15) is 11.6 Å². The van der Waals surface area contributed by atoms with Gasteiger partial charge < -0.3 is 4.52 Å². The Hall–Kier alpha value is -2.74. The first-order chi connectivity index (χ1) is 11.7. The van der Waals surface area contributed by atoms with Crippen LogP contribution in [0.5, 0.6) is 0 Å². The summed E-state index contributed by atoms with van der Waals surface area (Å²) in [5, 5.41) is 3.89. The molecule has 0 N–H and O–H groups in total. The van der Waals surface area contributed by atoms with Crippen LogP contribution in [0.25, 0.3) is 11.6 Å². The number of aromatic nitrogens is 4. The Labute approximate surface area is 136 Å². The largest absolute Gasteiger partial charge is 0.338 e. The zero-order valence-electron chi connectivity index (χ0n) is 12.6. The third-order valence-electron chi connectivity index (χ3n) is 3.84. The van der Waals surface area contributed by atoms with Gasteiger partial charge in [0.05, 0.1) is 5.92 Å². The first-order valence-electron chi connectivity index (χ1n) is 7.46. The van der Waals surface area contributed by atoms with E-state index in [1.54, 1.807) is 18.5 Å². The van der Waals surface area contributed by atoms with E-state index in [0.29, 0.717) is 42.7 Å². The first-order valence-corrected chi connectivity index (χ1v) is 7.46. The predicted molar refractivity (Wildman–Crippen MR) is 79.7 cm³/mol. The molecule has 1 aliphatic rings. The average molecular weight is 329 g/mol. The van der Waals surface area contributed by atoms with Crippen molar-refractivity contribution >= 4 is 0 Å². The fourth-order valence-electron chi connectivity index (χ4n) is 2.72. The highest BCUT2D eigenvalue weighted by atomic mass is 19.1. The molecule has 1 fully saturated rings. The lowest BCUT2D eigenvalue weighted by atomic mass is 9.99. The lowest BCUT2D eigenvalue weighted by molar-refractivity contribution is 0.117. The summed E-state index contributed by atoms with van der Waals surface area (Å²) >= 11 is 0. The van der Waals surface area contributed by atoms with E-state index in [2.05, 4.69) is 25.0 Å². The molecule has 1 aliphatic heterocycles.